The van der Waals surface area contributed by atoms with Gasteiger partial charge in [-0.05, 0) is 62.6 Å². The number of carbonyl (C=O) groups excluding carboxylic acids is 1. The minimum absolute atomic E-state index is 0.171. The summed E-state index contributed by atoms with van der Waals surface area (Å²) in [7, 11) is 0. The monoisotopic (exact) mass is 470 g/mol. The molecule has 1 heterocycles. The molecule has 0 saturated carbocycles. The van der Waals surface area contributed by atoms with Crippen molar-refractivity contribution in [2.24, 2.45) is 0 Å². The van der Waals surface area contributed by atoms with Crippen molar-refractivity contribution in [3.05, 3.63) is 65.4 Å². The molecule has 0 fully saturated rings. The summed E-state index contributed by atoms with van der Waals surface area (Å²) in [5, 5.41) is 21.8. The maximum absolute atomic E-state index is 12.0. The van der Waals surface area contributed by atoms with Crippen LogP contribution in [0.4, 0.5) is 0 Å². The van der Waals surface area contributed by atoms with Crippen molar-refractivity contribution in [2.45, 2.75) is 39.7 Å². The number of ether oxygens (including phenoxy) is 2. The van der Waals surface area contributed by atoms with Crippen LogP contribution >= 0.6 is 0 Å². The van der Waals surface area contributed by atoms with Crippen LogP contribution in [0.5, 0.6) is 5.75 Å². The van der Waals surface area contributed by atoms with Crippen molar-refractivity contribution in [1.29, 1.82) is 0 Å². The number of rotatable bonds is 11. The lowest BCUT2D eigenvalue weighted by atomic mass is 10.1. The highest BCUT2D eigenvalue weighted by Crippen LogP contribution is 2.28. The van der Waals surface area contributed by atoms with E-state index in [1.165, 1.54) is 5.56 Å². The number of aromatic amines is 1. The highest BCUT2D eigenvalue weighted by atomic mass is 16.5. The Bertz CT molecular complexity index is 1040. The average molecular weight is 471 g/mol. The summed E-state index contributed by atoms with van der Waals surface area (Å²) in [6.07, 6.45) is 1.40. The van der Waals surface area contributed by atoms with Crippen molar-refractivity contribution in [3.63, 3.8) is 0 Å². The lowest BCUT2D eigenvalue weighted by molar-refractivity contribution is -0.134. The molecular weight excluding hydrogens is 436 g/mol. The summed E-state index contributed by atoms with van der Waals surface area (Å²) in [4.78, 5) is 24.1. The van der Waals surface area contributed by atoms with Gasteiger partial charge < -0.3 is 30.0 Å². The summed E-state index contributed by atoms with van der Waals surface area (Å²) in [6.45, 7) is 6.61. The van der Waals surface area contributed by atoms with Crippen LogP contribution in [0.15, 0.2) is 48.5 Å². The third kappa shape index (κ3) is 9.25. The van der Waals surface area contributed by atoms with Gasteiger partial charge in [0.05, 0.1) is 12.1 Å². The molecule has 184 valence electrons. The molecule has 1 unspecified atom stereocenters. The van der Waals surface area contributed by atoms with Crippen LogP contribution in [0.25, 0.3) is 10.9 Å². The molecule has 0 amide bonds. The fourth-order valence-corrected chi connectivity index (χ4v) is 3.36. The van der Waals surface area contributed by atoms with Gasteiger partial charge in [0, 0.05) is 18.9 Å². The number of aliphatic hydroxyl groups excluding tert-OH is 1. The molecule has 0 aliphatic heterocycles. The second kappa shape index (κ2) is 14.0. The van der Waals surface area contributed by atoms with Gasteiger partial charge in [-0.2, -0.15) is 0 Å². The molecule has 0 saturated heterocycles. The van der Waals surface area contributed by atoms with Gasteiger partial charge in [-0.3, -0.25) is 4.79 Å². The maximum atomic E-state index is 12.0. The van der Waals surface area contributed by atoms with E-state index in [-0.39, 0.29) is 6.61 Å². The highest BCUT2D eigenvalue weighted by molar-refractivity contribution is 5.97. The Balaban J connectivity index is 0.000000945. The van der Waals surface area contributed by atoms with E-state index < -0.39 is 18.0 Å². The summed E-state index contributed by atoms with van der Waals surface area (Å²) in [5.41, 5.74) is 3.52. The summed E-state index contributed by atoms with van der Waals surface area (Å²) < 4.78 is 10.9. The van der Waals surface area contributed by atoms with Gasteiger partial charge in [-0.25, -0.2) is 4.79 Å². The van der Waals surface area contributed by atoms with Crippen LogP contribution < -0.4 is 10.1 Å². The van der Waals surface area contributed by atoms with Crippen LogP contribution in [0.2, 0.25) is 0 Å². The Morgan fingerprint density at radius 3 is 2.53 bits per heavy atom. The highest BCUT2D eigenvalue weighted by Gasteiger charge is 2.15. The molecule has 34 heavy (non-hydrogen) atoms. The Morgan fingerprint density at radius 2 is 1.85 bits per heavy atom. The number of aromatic nitrogens is 1. The number of carboxylic acids is 1. The zero-order valence-electron chi connectivity index (χ0n) is 20.0. The molecule has 0 aliphatic carbocycles. The summed E-state index contributed by atoms with van der Waals surface area (Å²) in [5.74, 6) is -0.586. The summed E-state index contributed by atoms with van der Waals surface area (Å²) in [6, 6.07) is 16.0. The average Bonchev–Trinajstić information content (AvgIpc) is 3.22. The van der Waals surface area contributed by atoms with E-state index in [9.17, 15) is 9.90 Å². The topological polar surface area (TPSA) is 121 Å². The molecule has 0 aliphatic rings. The lowest BCUT2D eigenvalue weighted by Crippen LogP contribution is -2.32. The van der Waals surface area contributed by atoms with E-state index >= 15 is 0 Å². The van der Waals surface area contributed by atoms with Gasteiger partial charge in [-0.15, -0.1) is 0 Å². The second-order valence-corrected chi connectivity index (χ2v) is 7.90. The number of esters is 1. The number of H-pyrrole nitrogens is 1. The number of hydrogen-bond acceptors (Lipinski definition) is 6. The van der Waals surface area contributed by atoms with E-state index in [1.54, 1.807) is 13.0 Å². The minimum Gasteiger partial charge on any atom is -0.490 e. The van der Waals surface area contributed by atoms with Crippen molar-refractivity contribution >= 4 is 22.8 Å². The molecule has 0 radical (unpaired) electrons. The smallest absolute Gasteiger partial charge is 0.354 e. The number of aryl methyl sites for hydroxylation is 2. The molecule has 8 nitrogen and oxygen atoms in total. The summed E-state index contributed by atoms with van der Waals surface area (Å²) >= 11 is 0. The molecule has 3 rings (SSSR count). The predicted octanol–water partition coefficient (Wildman–Crippen LogP) is 3.71. The zero-order valence-corrected chi connectivity index (χ0v) is 20.0. The Kier molecular flexibility index (Phi) is 11.1. The van der Waals surface area contributed by atoms with Crippen LogP contribution in [-0.2, 0) is 16.0 Å². The fourth-order valence-electron chi connectivity index (χ4n) is 3.36. The number of fused-ring (bicyclic) bond motifs is 1. The van der Waals surface area contributed by atoms with Crippen LogP contribution in [-0.4, -0.2) is 59.5 Å². The fraction of sp³-hybridized carbons (Fsp3) is 0.385. The largest absolute Gasteiger partial charge is 0.490 e. The van der Waals surface area contributed by atoms with Crippen LogP contribution in [0, 0.1) is 6.92 Å². The van der Waals surface area contributed by atoms with E-state index in [4.69, 9.17) is 19.4 Å². The van der Waals surface area contributed by atoms with Gasteiger partial charge in [0.1, 0.15) is 24.2 Å². The number of aliphatic hydroxyl groups is 1. The van der Waals surface area contributed by atoms with E-state index in [0.29, 0.717) is 24.6 Å². The first-order valence-corrected chi connectivity index (χ1v) is 11.4. The van der Waals surface area contributed by atoms with E-state index in [1.807, 2.05) is 37.3 Å². The first-order chi connectivity index (χ1) is 16.3. The third-order valence-electron chi connectivity index (χ3n) is 4.81. The van der Waals surface area contributed by atoms with E-state index in [0.717, 1.165) is 42.8 Å². The molecule has 8 heteroatoms. The standard InChI is InChI=1S/C24H30N2O4.C2H4O2/c1-3-29-24(28)22-14-20-21(26-22)12-17(2)13-23(20)30-16-19(27)15-25-11-7-10-18-8-5-4-6-9-18;1-2(3)4/h4-6,8-9,12-14,19,25-27H,3,7,10-11,15-16H2,1-2H3;1H3,(H,3,4). The lowest BCUT2D eigenvalue weighted by Gasteiger charge is -2.14. The predicted molar refractivity (Wildman–Crippen MR) is 131 cm³/mol. The Morgan fingerprint density at radius 1 is 1.15 bits per heavy atom. The first-order valence-electron chi connectivity index (χ1n) is 11.4. The Labute approximate surface area is 199 Å². The number of carbonyl (C=O) groups is 2. The molecule has 4 N–H and O–H groups in total. The third-order valence-corrected chi connectivity index (χ3v) is 4.81. The van der Waals surface area contributed by atoms with Crippen molar-refractivity contribution in [3.8, 4) is 5.75 Å². The van der Waals surface area contributed by atoms with Gasteiger partial charge in [0.2, 0.25) is 0 Å². The van der Waals surface area contributed by atoms with Gasteiger partial charge in [0.15, 0.2) is 0 Å². The molecular formula is C26H34N2O6. The van der Waals surface area contributed by atoms with Gasteiger partial charge in [-0.1, -0.05) is 30.3 Å². The van der Waals surface area contributed by atoms with Gasteiger partial charge in [0.25, 0.3) is 5.97 Å². The van der Waals surface area contributed by atoms with E-state index in [2.05, 4.69) is 22.4 Å². The number of aliphatic carboxylic acids is 1. The molecule has 2 aromatic carbocycles. The van der Waals surface area contributed by atoms with Crippen molar-refractivity contribution in [1.82, 2.24) is 10.3 Å². The molecule has 0 bridgehead atoms. The Hall–Kier alpha value is -3.36. The van der Waals surface area contributed by atoms with Gasteiger partial charge >= 0.3 is 5.97 Å². The SMILES string of the molecule is CC(=O)O.CCOC(=O)c1cc2c(OCC(O)CNCCCc3ccccc3)cc(C)cc2[nH]1. The number of benzene rings is 2. The number of carboxylic acid groups (broad SMARTS) is 1. The van der Waals surface area contributed by atoms with Crippen molar-refractivity contribution < 1.29 is 29.3 Å². The quantitative estimate of drug-likeness (QED) is 0.249. The minimum atomic E-state index is -0.833. The maximum Gasteiger partial charge on any atom is 0.354 e. The molecule has 0 spiro atoms. The normalized spacial score (nSPS) is 11.4. The first kappa shape index (κ1) is 26.9. The number of nitrogens with one attached hydrogen (secondary N) is 2. The second-order valence-electron chi connectivity index (χ2n) is 7.90. The van der Waals surface area contributed by atoms with Crippen LogP contribution in [0.1, 0.15) is 41.9 Å². The molecule has 3 aromatic rings. The van der Waals surface area contributed by atoms with Crippen molar-refractivity contribution in [2.75, 3.05) is 26.3 Å². The molecule has 1 aromatic heterocycles. The number of hydrogen-bond donors (Lipinski definition) is 4. The van der Waals surface area contributed by atoms with Crippen LogP contribution in [0.3, 0.4) is 0 Å². The molecule has 1 atom stereocenters. The zero-order chi connectivity index (χ0) is 24.9.